The summed E-state index contributed by atoms with van der Waals surface area (Å²) in [5.41, 5.74) is 7.24. The molecule has 1 heterocycles. The van der Waals surface area contributed by atoms with Crippen molar-refractivity contribution in [2.45, 2.75) is 32.7 Å². The Morgan fingerprint density at radius 2 is 1.88 bits per heavy atom. The molecule has 3 N–H and O–H groups in total. The Kier molecular flexibility index (Phi) is 7.94. The minimum atomic E-state index is -0.0163. The predicted molar refractivity (Wildman–Crippen MR) is 79.7 cm³/mol. The summed E-state index contributed by atoms with van der Waals surface area (Å²) in [6, 6.07) is 1.87. The molecule has 0 unspecified atom stereocenters. The summed E-state index contributed by atoms with van der Waals surface area (Å²) >= 11 is 2.02. The van der Waals surface area contributed by atoms with Crippen molar-refractivity contribution in [3.05, 3.63) is 21.0 Å². The van der Waals surface area contributed by atoms with E-state index >= 15 is 0 Å². The van der Waals surface area contributed by atoms with E-state index in [1.54, 1.807) is 0 Å². The van der Waals surface area contributed by atoms with Crippen molar-refractivity contribution in [3.63, 3.8) is 0 Å². The quantitative estimate of drug-likeness (QED) is 0.583. The smallest absolute Gasteiger partial charge is 0.151 e. The largest absolute Gasteiger partial charge is 0.505 e. The summed E-state index contributed by atoms with van der Waals surface area (Å²) in [5, 5.41) is 9.64. The van der Waals surface area contributed by atoms with Crippen molar-refractivity contribution in [3.8, 4) is 5.75 Å². The molecule has 0 bridgehead atoms. The lowest BCUT2D eigenvalue weighted by molar-refractivity contribution is 0.456. The van der Waals surface area contributed by atoms with E-state index in [9.17, 15) is 5.11 Å². The van der Waals surface area contributed by atoms with Crippen LogP contribution >= 0.6 is 47.4 Å². The van der Waals surface area contributed by atoms with Gasteiger partial charge in [0.1, 0.15) is 3.70 Å². The highest BCUT2D eigenvalue weighted by Crippen LogP contribution is 2.28. The molecule has 3 nitrogen and oxygen atoms in total. The highest BCUT2D eigenvalue weighted by atomic mass is 127. The lowest BCUT2D eigenvalue weighted by Gasteiger charge is -2.19. The van der Waals surface area contributed by atoms with Gasteiger partial charge in [0, 0.05) is 23.2 Å². The average Bonchev–Trinajstić information content (AvgIpc) is 2.07. The average molecular weight is 379 g/mol. The molecule has 1 aromatic heterocycles. The summed E-state index contributed by atoms with van der Waals surface area (Å²) in [5.74, 6) is 0.209. The molecule has 6 heteroatoms. The monoisotopic (exact) mass is 378 g/mol. The molecule has 1 aromatic rings. The maximum absolute atomic E-state index is 9.64. The van der Waals surface area contributed by atoms with E-state index < -0.39 is 0 Å². The van der Waals surface area contributed by atoms with Crippen LogP contribution in [-0.2, 0) is 12.0 Å². The normalized spacial score (nSPS) is 10.3. The Balaban J connectivity index is 0. The number of hydrogen-bond acceptors (Lipinski definition) is 3. The second-order valence-electron chi connectivity index (χ2n) is 4.26. The Bertz CT molecular complexity index is 353. The first-order chi connectivity index (χ1) is 6.36. The molecule has 0 radical (unpaired) electrons. The van der Waals surface area contributed by atoms with E-state index in [0.717, 1.165) is 11.3 Å². The fourth-order valence-corrected chi connectivity index (χ4v) is 1.70. The van der Waals surface area contributed by atoms with E-state index in [0.29, 0.717) is 10.2 Å². The van der Waals surface area contributed by atoms with Crippen LogP contribution in [0.5, 0.6) is 5.75 Å². The van der Waals surface area contributed by atoms with Crippen molar-refractivity contribution >= 4 is 47.4 Å². The zero-order valence-corrected chi connectivity index (χ0v) is 13.2. The molecule has 94 valence electrons. The first kappa shape index (κ1) is 18.6. The van der Waals surface area contributed by atoms with Crippen molar-refractivity contribution in [1.82, 2.24) is 4.98 Å². The summed E-state index contributed by atoms with van der Waals surface area (Å²) < 4.78 is 0.621. The van der Waals surface area contributed by atoms with Gasteiger partial charge in [0.2, 0.25) is 0 Å². The molecule has 0 saturated heterocycles. The number of rotatable bonds is 1. The van der Waals surface area contributed by atoms with Crippen molar-refractivity contribution in [2.75, 3.05) is 0 Å². The minimum Gasteiger partial charge on any atom is -0.505 e. The highest BCUT2D eigenvalue weighted by Gasteiger charge is 2.18. The second-order valence-corrected chi connectivity index (χ2v) is 5.28. The molecule has 0 atom stereocenters. The third-order valence-electron chi connectivity index (χ3n) is 2.02. The molecule has 0 aliphatic carbocycles. The van der Waals surface area contributed by atoms with Crippen LogP contribution in [0.15, 0.2) is 6.07 Å². The van der Waals surface area contributed by atoms with Crippen molar-refractivity contribution in [2.24, 2.45) is 5.73 Å². The molecule has 0 spiro atoms. The van der Waals surface area contributed by atoms with Crippen LogP contribution in [0, 0.1) is 3.70 Å². The van der Waals surface area contributed by atoms with Crippen LogP contribution < -0.4 is 5.73 Å². The third-order valence-corrected chi connectivity index (χ3v) is 2.77. The summed E-state index contributed by atoms with van der Waals surface area (Å²) in [4.78, 5) is 4.33. The molecule has 0 aromatic carbocycles. The van der Waals surface area contributed by atoms with Gasteiger partial charge in [-0.25, -0.2) is 4.98 Å². The summed E-state index contributed by atoms with van der Waals surface area (Å²) in [7, 11) is 0. The molecule has 1 rings (SSSR count). The Morgan fingerprint density at radius 1 is 1.38 bits per heavy atom. The van der Waals surface area contributed by atoms with Gasteiger partial charge in [0.15, 0.2) is 5.75 Å². The van der Waals surface area contributed by atoms with Crippen LogP contribution in [0.3, 0.4) is 0 Å². The minimum absolute atomic E-state index is 0. The molecule has 0 aliphatic heterocycles. The van der Waals surface area contributed by atoms with Crippen LogP contribution in [0.25, 0.3) is 0 Å². The van der Waals surface area contributed by atoms with Gasteiger partial charge in [-0.15, -0.1) is 24.8 Å². The Morgan fingerprint density at radius 3 is 2.25 bits per heavy atom. The van der Waals surface area contributed by atoms with Crippen LogP contribution in [0.2, 0.25) is 0 Å². The van der Waals surface area contributed by atoms with Gasteiger partial charge < -0.3 is 10.8 Å². The lowest BCUT2D eigenvalue weighted by Crippen LogP contribution is -2.15. The van der Waals surface area contributed by atoms with Crippen LogP contribution in [-0.4, -0.2) is 10.1 Å². The van der Waals surface area contributed by atoms with Crippen LogP contribution in [0.1, 0.15) is 32.0 Å². The standard InChI is InChI=1S/C10H15IN2O.2ClH/c1-10(2,3)7-4-6(5-12)8(14)9(11)13-7;;/h4,14H,5,12H2,1-3H3;2*1H. The zero-order chi connectivity index (χ0) is 10.9. The van der Waals surface area contributed by atoms with Gasteiger partial charge in [-0.05, 0) is 28.7 Å². The van der Waals surface area contributed by atoms with Gasteiger partial charge in [-0.1, -0.05) is 20.8 Å². The molecular weight excluding hydrogens is 362 g/mol. The topological polar surface area (TPSA) is 59.1 Å². The third kappa shape index (κ3) is 4.24. The Labute approximate surface area is 122 Å². The molecule has 16 heavy (non-hydrogen) atoms. The Hall–Kier alpha value is 0.220. The first-order valence-electron chi connectivity index (χ1n) is 4.45. The van der Waals surface area contributed by atoms with E-state index in [4.69, 9.17) is 5.73 Å². The first-order valence-corrected chi connectivity index (χ1v) is 5.53. The fraction of sp³-hybridized carbons (Fsp3) is 0.500. The molecule has 0 fully saturated rings. The molecule has 0 aliphatic rings. The van der Waals surface area contributed by atoms with Crippen molar-refractivity contribution < 1.29 is 5.11 Å². The summed E-state index contributed by atoms with van der Waals surface area (Å²) in [6.45, 7) is 6.60. The molecular formula is C10H17Cl2IN2O. The highest BCUT2D eigenvalue weighted by molar-refractivity contribution is 14.1. The number of aromatic hydroxyl groups is 1. The maximum Gasteiger partial charge on any atom is 0.151 e. The number of nitrogens with two attached hydrogens (primary N) is 1. The van der Waals surface area contributed by atoms with Crippen molar-refractivity contribution in [1.29, 1.82) is 0 Å². The summed E-state index contributed by atoms with van der Waals surface area (Å²) in [6.07, 6.45) is 0. The lowest BCUT2D eigenvalue weighted by atomic mass is 9.91. The van der Waals surface area contributed by atoms with E-state index in [2.05, 4.69) is 25.8 Å². The van der Waals surface area contributed by atoms with Crippen LogP contribution in [0.4, 0.5) is 0 Å². The molecule has 0 amide bonds. The predicted octanol–water partition coefficient (Wildman–Crippen LogP) is 2.99. The number of pyridine rings is 1. The maximum atomic E-state index is 9.64. The number of hydrogen-bond donors (Lipinski definition) is 2. The number of halogens is 3. The zero-order valence-electron chi connectivity index (χ0n) is 9.45. The number of nitrogens with zero attached hydrogens (tertiary/aromatic N) is 1. The van der Waals surface area contributed by atoms with E-state index in [1.807, 2.05) is 28.7 Å². The second kappa shape index (κ2) is 6.83. The van der Waals surface area contributed by atoms with Gasteiger partial charge in [0.25, 0.3) is 0 Å². The number of aromatic nitrogens is 1. The SMILES string of the molecule is CC(C)(C)c1cc(CN)c(O)c(I)n1.Cl.Cl. The van der Waals surface area contributed by atoms with Gasteiger partial charge in [-0.3, -0.25) is 0 Å². The van der Waals surface area contributed by atoms with E-state index in [1.165, 1.54) is 0 Å². The fourth-order valence-electron chi connectivity index (χ4n) is 1.10. The van der Waals surface area contributed by atoms with Gasteiger partial charge >= 0.3 is 0 Å². The van der Waals surface area contributed by atoms with Gasteiger partial charge in [0.05, 0.1) is 0 Å². The molecule has 0 saturated carbocycles. The van der Waals surface area contributed by atoms with Gasteiger partial charge in [-0.2, -0.15) is 0 Å². The van der Waals surface area contributed by atoms with E-state index in [-0.39, 0.29) is 36.0 Å².